The minimum absolute atomic E-state index is 0.0472. The molecule has 88 valence electrons. The Morgan fingerprint density at radius 2 is 2.12 bits per heavy atom. The van der Waals surface area contributed by atoms with Crippen LogP contribution in [0.3, 0.4) is 0 Å². The zero-order chi connectivity index (χ0) is 11.7. The van der Waals surface area contributed by atoms with Gasteiger partial charge in [-0.15, -0.1) is 0 Å². The highest BCUT2D eigenvalue weighted by molar-refractivity contribution is 6.33. The van der Waals surface area contributed by atoms with Crippen LogP contribution in [0, 0.1) is 0 Å². The standard InChI is InChI=1S/C12H15Cl2NO/c1-7-2-5-11(16-7)12(15)9-6-8(13)3-4-10(9)14/h3-4,6-7,11-12H,2,5,15H2,1H3. The minimum atomic E-state index is -0.198. The fourth-order valence-electron chi connectivity index (χ4n) is 2.07. The summed E-state index contributed by atoms with van der Waals surface area (Å²) in [7, 11) is 0. The van der Waals surface area contributed by atoms with Crippen LogP contribution >= 0.6 is 23.2 Å². The number of hydrogen-bond donors (Lipinski definition) is 1. The van der Waals surface area contributed by atoms with Crippen LogP contribution in [0.1, 0.15) is 31.4 Å². The maximum Gasteiger partial charge on any atom is 0.0772 e. The molecule has 3 unspecified atom stereocenters. The lowest BCUT2D eigenvalue weighted by Gasteiger charge is -2.21. The molecule has 1 aromatic rings. The maximum atomic E-state index is 6.16. The molecule has 4 heteroatoms. The number of ether oxygens (including phenoxy) is 1. The van der Waals surface area contributed by atoms with Gasteiger partial charge in [-0.2, -0.15) is 0 Å². The summed E-state index contributed by atoms with van der Waals surface area (Å²) in [6, 6.07) is 5.16. The Hall–Kier alpha value is -0.280. The predicted octanol–water partition coefficient (Wildman–Crippen LogP) is 3.56. The third-order valence-corrected chi connectivity index (χ3v) is 3.56. The minimum Gasteiger partial charge on any atom is -0.373 e. The second-order valence-electron chi connectivity index (χ2n) is 4.25. The van der Waals surface area contributed by atoms with E-state index in [-0.39, 0.29) is 18.2 Å². The fraction of sp³-hybridized carbons (Fsp3) is 0.500. The van der Waals surface area contributed by atoms with Crippen LogP contribution in [-0.2, 0) is 4.74 Å². The van der Waals surface area contributed by atoms with Gasteiger partial charge in [-0.05, 0) is 43.5 Å². The molecule has 1 aliphatic heterocycles. The van der Waals surface area contributed by atoms with Crippen molar-refractivity contribution in [2.45, 2.75) is 38.0 Å². The second-order valence-corrected chi connectivity index (χ2v) is 5.10. The van der Waals surface area contributed by atoms with Crippen molar-refractivity contribution in [3.8, 4) is 0 Å². The number of rotatable bonds is 2. The molecule has 2 nitrogen and oxygen atoms in total. The molecule has 16 heavy (non-hydrogen) atoms. The van der Waals surface area contributed by atoms with Crippen molar-refractivity contribution in [3.63, 3.8) is 0 Å². The van der Waals surface area contributed by atoms with Gasteiger partial charge in [-0.1, -0.05) is 23.2 Å². The first kappa shape index (κ1) is 12.2. The van der Waals surface area contributed by atoms with E-state index in [1.165, 1.54) is 0 Å². The Balaban J connectivity index is 2.20. The van der Waals surface area contributed by atoms with Crippen LogP contribution in [0.5, 0.6) is 0 Å². The van der Waals surface area contributed by atoms with Crippen LogP contribution in [0.25, 0.3) is 0 Å². The average Bonchev–Trinajstić information content (AvgIpc) is 2.67. The smallest absolute Gasteiger partial charge is 0.0772 e. The summed E-state index contributed by atoms with van der Waals surface area (Å²) < 4.78 is 5.75. The zero-order valence-electron chi connectivity index (χ0n) is 9.12. The van der Waals surface area contributed by atoms with E-state index in [2.05, 4.69) is 6.92 Å². The molecule has 0 amide bonds. The first-order valence-corrected chi connectivity index (χ1v) is 6.19. The van der Waals surface area contributed by atoms with Crippen molar-refractivity contribution in [3.05, 3.63) is 33.8 Å². The van der Waals surface area contributed by atoms with E-state index in [0.717, 1.165) is 18.4 Å². The Labute approximate surface area is 106 Å². The Kier molecular flexibility index (Phi) is 3.75. The molecule has 0 spiro atoms. The summed E-state index contributed by atoms with van der Waals surface area (Å²) in [5.41, 5.74) is 7.03. The molecule has 0 aromatic heterocycles. The molecule has 1 fully saturated rings. The molecule has 0 aliphatic carbocycles. The lowest BCUT2D eigenvalue weighted by molar-refractivity contribution is 0.0401. The SMILES string of the molecule is CC1CCC(C(N)c2cc(Cl)ccc2Cl)O1. The van der Waals surface area contributed by atoms with Gasteiger partial charge in [0, 0.05) is 10.0 Å². The van der Waals surface area contributed by atoms with Crippen molar-refractivity contribution in [1.82, 2.24) is 0 Å². The molecule has 1 saturated heterocycles. The summed E-state index contributed by atoms with van der Waals surface area (Å²) in [4.78, 5) is 0. The first-order chi connectivity index (χ1) is 7.58. The Morgan fingerprint density at radius 1 is 1.38 bits per heavy atom. The molecule has 2 rings (SSSR count). The molecular weight excluding hydrogens is 245 g/mol. The highest BCUT2D eigenvalue weighted by atomic mass is 35.5. The van der Waals surface area contributed by atoms with Crippen molar-refractivity contribution in [2.75, 3.05) is 0 Å². The first-order valence-electron chi connectivity index (χ1n) is 5.44. The summed E-state index contributed by atoms with van der Waals surface area (Å²) >= 11 is 12.1. The molecule has 1 heterocycles. The highest BCUT2D eigenvalue weighted by Gasteiger charge is 2.29. The lowest BCUT2D eigenvalue weighted by atomic mass is 10.00. The largest absolute Gasteiger partial charge is 0.373 e. The van der Waals surface area contributed by atoms with Crippen LogP contribution < -0.4 is 5.73 Å². The van der Waals surface area contributed by atoms with Crippen molar-refractivity contribution in [1.29, 1.82) is 0 Å². The Bertz CT molecular complexity index is 383. The number of hydrogen-bond acceptors (Lipinski definition) is 2. The van der Waals surface area contributed by atoms with Gasteiger partial charge in [-0.3, -0.25) is 0 Å². The number of benzene rings is 1. The van der Waals surface area contributed by atoms with Crippen LogP contribution in [0.2, 0.25) is 10.0 Å². The average molecular weight is 260 g/mol. The van der Waals surface area contributed by atoms with E-state index in [9.17, 15) is 0 Å². The molecular formula is C12H15Cl2NO. The maximum absolute atomic E-state index is 6.16. The predicted molar refractivity (Wildman–Crippen MR) is 67.0 cm³/mol. The van der Waals surface area contributed by atoms with E-state index >= 15 is 0 Å². The molecule has 0 saturated carbocycles. The van der Waals surface area contributed by atoms with Gasteiger partial charge in [0.25, 0.3) is 0 Å². The van der Waals surface area contributed by atoms with Gasteiger partial charge in [0.1, 0.15) is 0 Å². The van der Waals surface area contributed by atoms with Gasteiger partial charge in [0.15, 0.2) is 0 Å². The third kappa shape index (κ3) is 2.51. The van der Waals surface area contributed by atoms with Gasteiger partial charge in [-0.25, -0.2) is 0 Å². The highest BCUT2D eigenvalue weighted by Crippen LogP contribution is 2.33. The zero-order valence-corrected chi connectivity index (χ0v) is 10.6. The normalized spacial score (nSPS) is 27.0. The quantitative estimate of drug-likeness (QED) is 0.882. The van der Waals surface area contributed by atoms with Crippen molar-refractivity contribution >= 4 is 23.2 Å². The van der Waals surface area contributed by atoms with Crippen molar-refractivity contribution in [2.24, 2.45) is 5.73 Å². The summed E-state index contributed by atoms with van der Waals surface area (Å²) in [5, 5.41) is 1.31. The lowest BCUT2D eigenvalue weighted by Crippen LogP contribution is -2.26. The molecule has 0 radical (unpaired) electrons. The number of nitrogens with two attached hydrogens (primary N) is 1. The van der Waals surface area contributed by atoms with E-state index in [4.69, 9.17) is 33.7 Å². The molecule has 1 aliphatic rings. The van der Waals surface area contributed by atoms with E-state index in [0.29, 0.717) is 10.0 Å². The van der Waals surface area contributed by atoms with E-state index in [1.807, 2.05) is 6.07 Å². The summed E-state index contributed by atoms with van der Waals surface area (Å²) in [6.45, 7) is 2.06. The third-order valence-electron chi connectivity index (χ3n) is 2.98. The molecule has 2 N–H and O–H groups in total. The molecule has 3 atom stereocenters. The van der Waals surface area contributed by atoms with Gasteiger partial charge >= 0.3 is 0 Å². The monoisotopic (exact) mass is 259 g/mol. The van der Waals surface area contributed by atoms with Crippen LogP contribution in [0.4, 0.5) is 0 Å². The molecule has 1 aromatic carbocycles. The van der Waals surface area contributed by atoms with E-state index < -0.39 is 0 Å². The fourth-order valence-corrected chi connectivity index (χ4v) is 2.49. The molecule has 0 bridgehead atoms. The van der Waals surface area contributed by atoms with Crippen LogP contribution in [0.15, 0.2) is 18.2 Å². The number of halogens is 2. The van der Waals surface area contributed by atoms with E-state index in [1.54, 1.807) is 12.1 Å². The van der Waals surface area contributed by atoms with Gasteiger partial charge < -0.3 is 10.5 Å². The second kappa shape index (κ2) is 4.92. The van der Waals surface area contributed by atoms with Crippen LogP contribution in [-0.4, -0.2) is 12.2 Å². The summed E-state index contributed by atoms with van der Waals surface area (Å²) in [6.07, 6.45) is 2.36. The summed E-state index contributed by atoms with van der Waals surface area (Å²) in [5.74, 6) is 0. The van der Waals surface area contributed by atoms with Crippen molar-refractivity contribution < 1.29 is 4.74 Å². The topological polar surface area (TPSA) is 35.2 Å². The Morgan fingerprint density at radius 3 is 2.75 bits per heavy atom. The van der Waals surface area contributed by atoms with Gasteiger partial charge in [0.2, 0.25) is 0 Å². The van der Waals surface area contributed by atoms with Gasteiger partial charge in [0.05, 0.1) is 18.2 Å².